The number of tetrazole rings is 1. The summed E-state index contributed by atoms with van der Waals surface area (Å²) in [6, 6.07) is 13.9. The van der Waals surface area contributed by atoms with E-state index < -0.39 is 11.3 Å². The molecule has 2 aromatic carbocycles. The van der Waals surface area contributed by atoms with E-state index in [4.69, 9.17) is 11.6 Å². The van der Waals surface area contributed by atoms with E-state index in [1.165, 1.54) is 11.0 Å². The number of rotatable bonds is 4. The van der Waals surface area contributed by atoms with Crippen molar-refractivity contribution in [3.05, 3.63) is 71.0 Å². The highest BCUT2D eigenvalue weighted by atomic mass is 35.5. The van der Waals surface area contributed by atoms with Crippen LogP contribution in [0.25, 0.3) is 5.69 Å². The number of hydrazine groups is 1. The van der Waals surface area contributed by atoms with Gasteiger partial charge in [0.05, 0.1) is 11.1 Å². The summed E-state index contributed by atoms with van der Waals surface area (Å²) in [7, 11) is 0. The van der Waals surface area contributed by atoms with Crippen molar-refractivity contribution in [2.75, 3.05) is 0 Å². The average molecular weight is 383 g/mol. The number of aromatic nitrogens is 4. The van der Waals surface area contributed by atoms with Crippen molar-refractivity contribution >= 4 is 23.4 Å². The number of carbonyl (C=O) groups is 2. The van der Waals surface area contributed by atoms with Crippen molar-refractivity contribution in [2.24, 2.45) is 0 Å². The van der Waals surface area contributed by atoms with Gasteiger partial charge in [-0.3, -0.25) is 20.4 Å². The first-order valence-corrected chi connectivity index (χ1v) is 8.67. The van der Waals surface area contributed by atoms with Crippen LogP contribution in [0.2, 0.25) is 5.02 Å². The molecule has 9 heteroatoms. The number of benzene rings is 2. The number of carbonyl (C=O) groups excluding carboxylic acids is 2. The predicted molar refractivity (Wildman–Crippen MR) is 97.1 cm³/mol. The Morgan fingerprint density at radius 1 is 1.07 bits per heavy atom. The van der Waals surface area contributed by atoms with Crippen LogP contribution >= 0.6 is 11.6 Å². The molecule has 2 amide bonds. The Morgan fingerprint density at radius 3 is 2.48 bits per heavy atom. The van der Waals surface area contributed by atoms with Gasteiger partial charge >= 0.3 is 0 Å². The lowest BCUT2D eigenvalue weighted by molar-refractivity contribution is -0.124. The first-order valence-electron chi connectivity index (χ1n) is 8.29. The van der Waals surface area contributed by atoms with Crippen LogP contribution in [0.4, 0.5) is 0 Å². The molecule has 1 aliphatic rings. The van der Waals surface area contributed by atoms with Crippen LogP contribution in [0.5, 0.6) is 0 Å². The Bertz CT molecular complexity index is 983. The maximum atomic E-state index is 12.6. The fourth-order valence-electron chi connectivity index (χ4n) is 2.91. The van der Waals surface area contributed by atoms with E-state index in [9.17, 15) is 9.59 Å². The third-order valence-electron chi connectivity index (χ3n) is 4.59. The van der Waals surface area contributed by atoms with Crippen LogP contribution in [0.15, 0.2) is 54.9 Å². The molecule has 0 bridgehead atoms. The highest BCUT2D eigenvalue weighted by Crippen LogP contribution is 2.48. The molecule has 1 aromatic heterocycles. The Morgan fingerprint density at radius 2 is 1.85 bits per heavy atom. The van der Waals surface area contributed by atoms with Crippen molar-refractivity contribution < 1.29 is 9.59 Å². The van der Waals surface area contributed by atoms with Crippen molar-refractivity contribution in [1.82, 2.24) is 31.1 Å². The van der Waals surface area contributed by atoms with Crippen LogP contribution in [0, 0.1) is 0 Å². The van der Waals surface area contributed by atoms with Gasteiger partial charge in [-0.05, 0) is 65.2 Å². The van der Waals surface area contributed by atoms with E-state index in [1.54, 1.807) is 36.4 Å². The van der Waals surface area contributed by atoms with Crippen LogP contribution < -0.4 is 10.9 Å². The van der Waals surface area contributed by atoms with E-state index in [2.05, 4.69) is 26.4 Å². The predicted octanol–water partition coefficient (Wildman–Crippen LogP) is 1.81. The second kappa shape index (κ2) is 6.81. The van der Waals surface area contributed by atoms with E-state index in [0.717, 1.165) is 24.1 Å². The van der Waals surface area contributed by atoms with Crippen LogP contribution in [-0.2, 0) is 10.2 Å². The molecule has 0 spiro atoms. The molecule has 0 radical (unpaired) electrons. The monoisotopic (exact) mass is 382 g/mol. The largest absolute Gasteiger partial charge is 0.272 e. The molecule has 0 saturated heterocycles. The number of hydrogen-bond acceptors (Lipinski definition) is 5. The van der Waals surface area contributed by atoms with Gasteiger partial charge in [0.1, 0.15) is 6.33 Å². The van der Waals surface area contributed by atoms with Crippen molar-refractivity contribution in [3.63, 3.8) is 0 Å². The first-order chi connectivity index (χ1) is 13.1. The highest BCUT2D eigenvalue weighted by molar-refractivity contribution is 6.30. The molecule has 27 heavy (non-hydrogen) atoms. The van der Waals surface area contributed by atoms with E-state index in [0.29, 0.717) is 10.6 Å². The minimum atomic E-state index is -0.623. The lowest BCUT2D eigenvalue weighted by Gasteiger charge is -2.16. The molecule has 1 fully saturated rings. The first kappa shape index (κ1) is 17.2. The lowest BCUT2D eigenvalue weighted by Crippen LogP contribution is -2.46. The zero-order valence-electron chi connectivity index (χ0n) is 14.1. The Kier molecular flexibility index (Phi) is 4.33. The summed E-state index contributed by atoms with van der Waals surface area (Å²) in [6.07, 6.45) is 2.89. The van der Waals surface area contributed by atoms with Crippen molar-refractivity contribution in [2.45, 2.75) is 18.3 Å². The highest BCUT2D eigenvalue weighted by Gasteiger charge is 2.51. The quantitative estimate of drug-likeness (QED) is 0.670. The summed E-state index contributed by atoms with van der Waals surface area (Å²) in [5.74, 6) is -0.656. The van der Waals surface area contributed by atoms with Crippen LogP contribution in [0.1, 0.15) is 28.8 Å². The number of hydrogen-bond donors (Lipinski definition) is 2. The van der Waals surface area contributed by atoms with Crippen LogP contribution in [-0.4, -0.2) is 32.0 Å². The molecule has 0 atom stereocenters. The number of amides is 2. The normalized spacial score (nSPS) is 14.4. The smallest absolute Gasteiger partial charge is 0.269 e. The second-order valence-corrected chi connectivity index (χ2v) is 6.74. The zero-order valence-corrected chi connectivity index (χ0v) is 14.8. The molecular formula is C18H15ClN6O2. The fraction of sp³-hybridized carbons (Fsp3) is 0.167. The summed E-state index contributed by atoms with van der Waals surface area (Å²) in [5.41, 5.74) is 6.34. The minimum absolute atomic E-state index is 0.247. The van der Waals surface area contributed by atoms with Gasteiger partial charge in [-0.1, -0.05) is 23.7 Å². The molecule has 0 unspecified atom stereocenters. The minimum Gasteiger partial charge on any atom is -0.272 e. The number of halogens is 1. The summed E-state index contributed by atoms with van der Waals surface area (Å²) >= 11 is 6.03. The Hall–Kier alpha value is -3.26. The van der Waals surface area contributed by atoms with Gasteiger partial charge < -0.3 is 0 Å². The van der Waals surface area contributed by atoms with Gasteiger partial charge in [-0.2, -0.15) is 0 Å². The number of nitrogens with one attached hydrogen (secondary N) is 2. The molecule has 136 valence electrons. The van der Waals surface area contributed by atoms with Gasteiger partial charge in [0.25, 0.3) is 5.91 Å². The molecule has 4 rings (SSSR count). The van der Waals surface area contributed by atoms with E-state index in [-0.39, 0.29) is 5.91 Å². The molecule has 1 aliphatic carbocycles. The molecule has 3 aromatic rings. The lowest BCUT2D eigenvalue weighted by atomic mass is 9.95. The van der Waals surface area contributed by atoms with Gasteiger partial charge in [0.2, 0.25) is 5.91 Å². The van der Waals surface area contributed by atoms with Gasteiger partial charge in [-0.25, -0.2) is 4.68 Å². The fourth-order valence-corrected chi connectivity index (χ4v) is 3.10. The molecule has 0 aliphatic heterocycles. The molecule has 2 N–H and O–H groups in total. The second-order valence-electron chi connectivity index (χ2n) is 6.30. The van der Waals surface area contributed by atoms with Gasteiger partial charge in [-0.15, -0.1) is 5.10 Å². The third kappa shape index (κ3) is 3.39. The number of nitrogens with zero attached hydrogens (tertiary/aromatic N) is 4. The Balaban J connectivity index is 1.40. The molecular weight excluding hydrogens is 368 g/mol. The average Bonchev–Trinajstić information content (AvgIpc) is 3.33. The molecule has 1 heterocycles. The molecule has 8 nitrogen and oxygen atoms in total. The summed E-state index contributed by atoms with van der Waals surface area (Å²) in [4.78, 5) is 24.9. The Labute approximate surface area is 159 Å². The zero-order chi connectivity index (χ0) is 18.9. The van der Waals surface area contributed by atoms with Crippen LogP contribution in [0.3, 0.4) is 0 Å². The summed E-state index contributed by atoms with van der Waals surface area (Å²) < 4.78 is 1.48. The maximum Gasteiger partial charge on any atom is 0.269 e. The SMILES string of the molecule is O=C(NNC(=O)C1(c2cccc(Cl)c2)CC1)c1ccc(-n2cnnn2)cc1. The van der Waals surface area contributed by atoms with Crippen molar-refractivity contribution in [1.29, 1.82) is 0 Å². The van der Waals surface area contributed by atoms with E-state index in [1.807, 2.05) is 12.1 Å². The van der Waals surface area contributed by atoms with E-state index >= 15 is 0 Å². The topological polar surface area (TPSA) is 102 Å². The van der Waals surface area contributed by atoms with Crippen molar-refractivity contribution in [3.8, 4) is 5.69 Å². The summed E-state index contributed by atoms with van der Waals surface area (Å²) in [5, 5.41) is 11.5. The van der Waals surface area contributed by atoms with Gasteiger partial charge in [0.15, 0.2) is 0 Å². The standard InChI is InChI=1S/C18H15ClN6O2/c19-14-3-1-2-13(10-14)18(8-9-18)17(27)22-21-16(26)12-4-6-15(7-5-12)25-11-20-23-24-25/h1-7,10-11H,8-9H2,(H,21,26)(H,22,27). The summed E-state index contributed by atoms with van der Waals surface area (Å²) in [6.45, 7) is 0. The maximum absolute atomic E-state index is 12.6. The molecule has 1 saturated carbocycles. The third-order valence-corrected chi connectivity index (χ3v) is 4.83. The van der Waals surface area contributed by atoms with Gasteiger partial charge in [0, 0.05) is 10.6 Å².